The second kappa shape index (κ2) is 15.8. The molecule has 2 aromatic rings. The van der Waals surface area contributed by atoms with E-state index in [4.69, 9.17) is 9.47 Å². The molecule has 1 fully saturated rings. The fourth-order valence-electron chi connectivity index (χ4n) is 5.10. The predicted molar refractivity (Wildman–Crippen MR) is 159 cm³/mol. The van der Waals surface area contributed by atoms with Gasteiger partial charge in [-0.25, -0.2) is 0 Å². The van der Waals surface area contributed by atoms with Gasteiger partial charge in [0, 0.05) is 54.9 Å². The molecule has 2 aromatic carbocycles. The zero-order chi connectivity index (χ0) is 30.6. The summed E-state index contributed by atoms with van der Waals surface area (Å²) in [7, 11) is 1.56. The number of fused-ring (bicyclic) bond motifs is 1. The second-order valence-corrected chi connectivity index (χ2v) is 10.4. The van der Waals surface area contributed by atoms with Gasteiger partial charge in [0.1, 0.15) is 11.8 Å². The fraction of sp³-hybridized carbons (Fsp3) is 0.452. The summed E-state index contributed by atoms with van der Waals surface area (Å²) < 4.78 is 10.7. The third-order valence-corrected chi connectivity index (χ3v) is 7.40. The molecule has 230 valence electrons. The fourth-order valence-corrected chi connectivity index (χ4v) is 5.10. The molecule has 0 saturated carbocycles. The summed E-state index contributed by atoms with van der Waals surface area (Å²) in [5.41, 5.74) is 2.27. The van der Waals surface area contributed by atoms with Crippen LogP contribution in [0.1, 0.15) is 64.8 Å². The molecule has 2 aliphatic heterocycles. The monoisotopic (exact) mass is 593 g/mol. The minimum atomic E-state index is -0.695. The van der Waals surface area contributed by atoms with Gasteiger partial charge in [-0.05, 0) is 56.1 Å². The lowest BCUT2D eigenvalue weighted by Crippen LogP contribution is -2.52. The number of methoxy groups -OCH3 is 1. The molecule has 12 nitrogen and oxygen atoms in total. The van der Waals surface area contributed by atoms with E-state index in [0.29, 0.717) is 67.3 Å². The number of anilines is 1. The standard InChI is InChI=1S/C31H39N5O7/c1-42-22-8-5-7-21(19-22)29(39)33-16-18-43-17-15-32-14-4-2-3-11-27(37)34-25-10-6-9-23-24(25)20-36(31(23)41)26-12-13-28(38)35-30(26)40/h5-10,19,26,32H,2-4,11-18,20H2,1H3,(H,33,39)(H,34,37)(H,35,38,40). The predicted octanol–water partition coefficient (Wildman–Crippen LogP) is 1.99. The molecule has 43 heavy (non-hydrogen) atoms. The van der Waals surface area contributed by atoms with Gasteiger partial charge in [0.25, 0.3) is 11.8 Å². The van der Waals surface area contributed by atoms with Gasteiger partial charge in [-0.1, -0.05) is 18.6 Å². The highest BCUT2D eigenvalue weighted by Gasteiger charge is 2.39. The number of nitrogens with zero attached hydrogens (tertiary/aromatic N) is 1. The van der Waals surface area contributed by atoms with Crippen molar-refractivity contribution in [2.45, 2.75) is 51.1 Å². The first-order valence-electron chi connectivity index (χ1n) is 14.6. The molecule has 2 aliphatic rings. The highest BCUT2D eigenvalue weighted by Crippen LogP contribution is 2.32. The largest absolute Gasteiger partial charge is 0.497 e. The molecule has 0 bridgehead atoms. The first kappa shape index (κ1) is 31.6. The number of imide groups is 1. The number of carbonyl (C=O) groups is 5. The number of piperidine rings is 1. The van der Waals surface area contributed by atoms with Gasteiger partial charge in [0.15, 0.2) is 0 Å². The Kier molecular flexibility index (Phi) is 11.6. The molecule has 0 radical (unpaired) electrons. The topological polar surface area (TPSA) is 155 Å². The molecule has 4 rings (SSSR count). The Labute approximate surface area is 250 Å². The first-order valence-corrected chi connectivity index (χ1v) is 14.6. The molecule has 0 spiro atoms. The number of nitrogens with one attached hydrogen (secondary N) is 4. The molecule has 0 aromatic heterocycles. The van der Waals surface area contributed by atoms with Crippen molar-refractivity contribution in [2.24, 2.45) is 0 Å². The minimum Gasteiger partial charge on any atom is -0.497 e. The molecule has 5 amide bonds. The molecule has 0 aliphatic carbocycles. The third-order valence-electron chi connectivity index (χ3n) is 7.40. The Balaban J connectivity index is 1.04. The number of unbranched alkanes of at least 4 members (excludes halogenated alkanes) is 2. The van der Waals surface area contributed by atoms with Crippen molar-refractivity contribution in [3.63, 3.8) is 0 Å². The lowest BCUT2D eigenvalue weighted by Gasteiger charge is -2.29. The normalized spacial score (nSPS) is 16.1. The van der Waals surface area contributed by atoms with Gasteiger partial charge < -0.3 is 30.3 Å². The van der Waals surface area contributed by atoms with Gasteiger partial charge in [0.2, 0.25) is 17.7 Å². The molecule has 2 heterocycles. The highest BCUT2D eigenvalue weighted by molar-refractivity contribution is 6.06. The Morgan fingerprint density at radius 1 is 1.00 bits per heavy atom. The van der Waals surface area contributed by atoms with E-state index in [0.717, 1.165) is 25.8 Å². The third kappa shape index (κ3) is 8.85. The van der Waals surface area contributed by atoms with Crippen LogP contribution in [0.3, 0.4) is 0 Å². The maximum absolute atomic E-state index is 13.0. The Morgan fingerprint density at radius 3 is 2.63 bits per heavy atom. The molecule has 4 N–H and O–H groups in total. The average molecular weight is 594 g/mol. The van der Waals surface area contributed by atoms with Crippen molar-refractivity contribution >= 4 is 35.2 Å². The van der Waals surface area contributed by atoms with Crippen LogP contribution < -0.4 is 26.0 Å². The van der Waals surface area contributed by atoms with Crippen LogP contribution in [0.4, 0.5) is 5.69 Å². The highest BCUT2D eigenvalue weighted by atomic mass is 16.5. The maximum Gasteiger partial charge on any atom is 0.255 e. The molecule has 1 atom stereocenters. The minimum absolute atomic E-state index is 0.125. The van der Waals surface area contributed by atoms with Gasteiger partial charge in [0.05, 0.1) is 20.3 Å². The van der Waals surface area contributed by atoms with E-state index in [1.54, 1.807) is 49.6 Å². The Bertz CT molecular complexity index is 1330. The number of amides is 5. The van der Waals surface area contributed by atoms with Crippen LogP contribution in [-0.2, 0) is 25.7 Å². The number of ether oxygens (including phenoxy) is 2. The smallest absolute Gasteiger partial charge is 0.255 e. The van der Waals surface area contributed by atoms with Gasteiger partial charge >= 0.3 is 0 Å². The number of rotatable bonds is 16. The van der Waals surface area contributed by atoms with E-state index in [9.17, 15) is 24.0 Å². The van der Waals surface area contributed by atoms with Crippen molar-refractivity contribution in [1.82, 2.24) is 20.9 Å². The zero-order valence-corrected chi connectivity index (χ0v) is 24.4. The second-order valence-electron chi connectivity index (χ2n) is 10.4. The lowest BCUT2D eigenvalue weighted by molar-refractivity contribution is -0.137. The molecular formula is C31H39N5O7. The van der Waals surface area contributed by atoms with Crippen LogP contribution in [0.5, 0.6) is 5.75 Å². The summed E-state index contributed by atoms with van der Waals surface area (Å²) >= 11 is 0. The van der Waals surface area contributed by atoms with Gasteiger partial charge in [-0.3, -0.25) is 29.3 Å². The zero-order valence-electron chi connectivity index (χ0n) is 24.4. The molecule has 12 heteroatoms. The van der Waals surface area contributed by atoms with Crippen molar-refractivity contribution in [3.05, 3.63) is 59.2 Å². The van der Waals surface area contributed by atoms with Crippen molar-refractivity contribution in [3.8, 4) is 5.75 Å². The van der Waals surface area contributed by atoms with E-state index < -0.39 is 11.9 Å². The van der Waals surface area contributed by atoms with E-state index in [1.165, 1.54) is 4.90 Å². The number of hydrogen-bond donors (Lipinski definition) is 4. The maximum atomic E-state index is 13.0. The van der Waals surface area contributed by atoms with Crippen molar-refractivity contribution in [2.75, 3.05) is 45.3 Å². The van der Waals surface area contributed by atoms with Crippen LogP contribution in [0, 0.1) is 0 Å². The summed E-state index contributed by atoms with van der Waals surface area (Å²) in [6.07, 6.45) is 3.37. The first-order chi connectivity index (χ1) is 20.9. The summed E-state index contributed by atoms with van der Waals surface area (Å²) in [5, 5.41) is 11.4. The SMILES string of the molecule is COc1cccc(C(=O)NCCOCCNCCCCCC(=O)Nc2cccc3c2CN(C2CCC(=O)NC2=O)C3=O)c1. The number of benzene rings is 2. The van der Waals surface area contributed by atoms with Crippen molar-refractivity contribution < 1.29 is 33.4 Å². The van der Waals surface area contributed by atoms with E-state index >= 15 is 0 Å². The lowest BCUT2D eigenvalue weighted by atomic mass is 10.0. The van der Waals surface area contributed by atoms with E-state index in [-0.39, 0.29) is 36.6 Å². The summed E-state index contributed by atoms with van der Waals surface area (Å²) in [6.45, 7) is 3.07. The van der Waals surface area contributed by atoms with Crippen LogP contribution in [0.15, 0.2) is 42.5 Å². The van der Waals surface area contributed by atoms with Crippen LogP contribution >= 0.6 is 0 Å². The van der Waals surface area contributed by atoms with E-state index in [2.05, 4.69) is 21.3 Å². The summed E-state index contributed by atoms with van der Waals surface area (Å²) in [5.74, 6) is -0.725. The summed E-state index contributed by atoms with van der Waals surface area (Å²) in [4.78, 5) is 63.0. The van der Waals surface area contributed by atoms with Gasteiger partial charge in [-0.2, -0.15) is 0 Å². The van der Waals surface area contributed by atoms with Crippen LogP contribution in [0.25, 0.3) is 0 Å². The number of carbonyl (C=O) groups excluding carboxylic acids is 5. The van der Waals surface area contributed by atoms with Crippen LogP contribution in [-0.4, -0.2) is 80.4 Å². The van der Waals surface area contributed by atoms with Gasteiger partial charge in [-0.15, -0.1) is 0 Å². The summed E-state index contributed by atoms with van der Waals surface area (Å²) in [6, 6.07) is 11.4. The van der Waals surface area contributed by atoms with E-state index in [1.807, 2.05) is 0 Å². The number of hydrogen-bond acceptors (Lipinski definition) is 8. The van der Waals surface area contributed by atoms with Crippen molar-refractivity contribution in [1.29, 1.82) is 0 Å². The quantitative estimate of drug-likeness (QED) is 0.170. The Hall–Kier alpha value is -4.29. The average Bonchev–Trinajstić information content (AvgIpc) is 3.34. The molecule has 1 unspecified atom stereocenters. The molecule has 1 saturated heterocycles. The molecular weight excluding hydrogens is 554 g/mol. The van der Waals surface area contributed by atoms with Crippen LogP contribution in [0.2, 0.25) is 0 Å². The Morgan fingerprint density at radius 2 is 1.81 bits per heavy atom.